The van der Waals surface area contributed by atoms with Crippen molar-refractivity contribution < 1.29 is 0 Å². The molecular weight excluding hydrogens is 256 g/mol. The van der Waals surface area contributed by atoms with E-state index in [9.17, 15) is 0 Å². The molecule has 2 aromatic heterocycles. The fraction of sp³-hybridized carbons (Fsp3) is 0.364. The van der Waals surface area contributed by atoms with Gasteiger partial charge in [-0.25, -0.2) is 5.43 Å². The van der Waals surface area contributed by atoms with Gasteiger partial charge in [0.15, 0.2) is 0 Å². The van der Waals surface area contributed by atoms with Gasteiger partial charge < -0.3 is 0 Å². The smallest absolute Gasteiger partial charge is 0.0984 e. The lowest BCUT2D eigenvalue weighted by Gasteiger charge is -2.16. The second-order valence-electron chi connectivity index (χ2n) is 3.71. The van der Waals surface area contributed by atoms with E-state index in [0.717, 1.165) is 28.6 Å². The molecule has 2 aromatic rings. The van der Waals surface area contributed by atoms with Crippen molar-refractivity contribution in [3.05, 3.63) is 39.3 Å². The first-order valence-corrected chi connectivity index (χ1v) is 6.74. The summed E-state index contributed by atoms with van der Waals surface area (Å²) in [6, 6.07) is 3.75. The first kappa shape index (κ1) is 12.6. The van der Waals surface area contributed by atoms with E-state index in [1.165, 1.54) is 0 Å². The van der Waals surface area contributed by atoms with Crippen LogP contribution in [0.3, 0.4) is 0 Å². The van der Waals surface area contributed by atoms with Crippen molar-refractivity contribution in [2.24, 2.45) is 5.84 Å². The molecule has 0 aromatic carbocycles. The molecular formula is C11H15ClN4S. The van der Waals surface area contributed by atoms with Gasteiger partial charge in [0, 0.05) is 17.6 Å². The number of rotatable bonds is 5. The molecule has 0 bridgehead atoms. The van der Waals surface area contributed by atoms with Crippen LogP contribution in [0.15, 0.2) is 23.7 Å². The number of hydrazine groups is 1. The van der Waals surface area contributed by atoms with Crippen LogP contribution in [0.5, 0.6) is 0 Å². The number of aromatic nitrogens is 2. The zero-order valence-corrected chi connectivity index (χ0v) is 11.1. The van der Waals surface area contributed by atoms with Gasteiger partial charge in [-0.05, 0) is 23.9 Å². The van der Waals surface area contributed by atoms with Gasteiger partial charge in [0.05, 0.1) is 16.8 Å². The molecule has 0 aliphatic rings. The number of nitrogens with two attached hydrogens (primary N) is 1. The summed E-state index contributed by atoms with van der Waals surface area (Å²) in [5, 5.41) is 7.00. The topological polar surface area (TPSA) is 55.9 Å². The minimum Gasteiger partial charge on any atom is -0.270 e. The van der Waals surface area contributed by atoms with Crippen molar-refractivity contribution in [3.8, 4) is 0 Å². The van der Waals surface area contributed by atoms with Crippen molar-refractivity contribution >= 4 is 22.9 Å². The third-order valence-corrected chi connectivity index (χ3v) is 3.98. The average molecular weight is 271 g/mol. The maximum atomic E-state index is 6.14. The molecule has 1 unspecified atom stereocenters. The SMILES string of the molecule is CCCn1nccc1C(NN)c1sccc1Cl. The Morgan fingerprint density at radius 3 is 3.00 bits per heavy atom. The molecule has 0 saturated heterocycles. The number of hydrogen-bond donors (Lipinski definition) is 2. The van der Waals surface area contributed by atoms with E-state index >= 15 is 0 Å². The predicted octanol–water partition coefficient (Wildman–Crippen LogP) is 2.56. The van der Waals surface area contributed by atoms with Crippen molar-refractivity contribution in [1.29, 1.82) is 0 Å². The molecule has 2 heterocycles. The summed E-state index contributed by atoms with van der Waals surface area (Å²) < 4.78 is 1.96. The Bertz CT molecular complexity index is 479. The summed E-state index contributed by atoms with van der Waals surface area (Å²) in [5.74, 6) is 5.65. The standard InChI is InChI=1S/C11H15ClN4S/c1-2-6-16-9(3-5-14-16)10(15-13)11-8(12)4-7-17-11/h3-5,7,10,15H,2,6,13H2,1H3. The molecule has 0 fully saturated rings. The molecule has 4 nitrogen and oxygen atoms in total. The molecule has 3 N–H and O–H groups in total. The summed E-state index contributed by atoms with van der Waals surface area (Å²) in [4.78, 5) is 1.02. The minimum atomic E-state index is -0.100. The van der Waals surface area contributed by atoms with Crippen molar-refractivity contribution in [2.75, 3.05) is 0 Å². The molecule has 0 spiro atoms. The Kier molecular flexibility index (Phi) is 4.17. The molecule has 0 aliphatic carbocycles. The largest absolute Gasteiger partial charge is 0.270 e. The first-order valence-electron chi connectivity index (χ1n) is 5.48. The van der Waals surface area contributed by atoms with Crippen molar-refractivity contribution in [3.63, 3.8) is 0 Å². The van der Waals surface area contributed by atoms with E-state index < -0.39 is 0 Å². The second-order valence-corrected chi connectivity index (χ2v) is 5.07. The van der Waals surface area contributed by atoms with Gasteiger partial charge in [0.2, 0.25) is 0 Å². The van der Waals surface area contributed by atoms with Crippen LogP contribution in [0.2, 0.25) is 5.02 Å². The summed E-state index contributed by atoms with van der Waals surface area (Å²) in [5.41, 5.74) is 3.85. The normalized spacial score (nSPS) is 12.9. The van der Waals surface area contributed by atoms with Crippen LogP contribution in [0.25, 0.3) is 0 Å². The second kappa shape index (κ2) is 5.64. The summed E-state index contributed by atoms with van der Waals surface area (Å²) in [6.45, 7) is 3.00. The molecule has 0 aliphatic heterocycles. The van der Waals surface area contributed by atoms with Gasteiger partial charge >= 0.3 is 0 Å². The van der Waals surface area contributed by atoms with Crippen molar-refractivity contribution in [2.45, 2.75) is 25.9 Å². The monoisotopic (exact) mass is 270 g/mol. The summed E-state index contributed by atoms with van der Waals surface area (Å²) in [7, 11) is 0. The predicted molar refractivity (Wildman–Crippen MR) is 71.0 cm³/mol. The van der Waals surface area contributed by atoms with Crippen molar-refractivity contribution in [1.82, 2.24) is 15.2 Å². The number of hydrogen-bond acceptors (Lipinski definition) is 4. The van der Waals surface area contributed by atoms with Gasteiger partial charge in [-0.1, -0.05) is 18.5 Å². The lowest BCUT2D eigenvalue weighted by molar-refractivity contribution is 0.524. The van der Waals surface area contributed by atoms with Gasteiger partial charge in [0.25, 0.3) is 0 Å². The maximum absolute atomic E-state index is 6.14. The zero-order valence-electron chi connectivity index (χ0n) is 9.56. The Morgan fingerprint density at radius 2 is 2.41 bits per heavy atom. The fourth-order valence-corrected chi connectivity index (χ4v) is 3.03. The highest BCUT2D eigenvalue weighted by Crippen LogP contribution is 2.32. The lowest BCUT2D eigenvalue weighted by Crippen LogP contribution is -2.30. The zero-order chi connectivity index (χ0) is 12.3. The molecule has 2 rings (SSSR count). The molecule has 92 valence electrons. The highest BCUT2D eigenvalue weighted by atomic mass is 35.5. The Balaban J connectivity index is 2.35. The first-order chi connectivity index (χ1) is 8.27. The highest BCUT2D eigenvalue weighted by molar-refractivity contribution is 7.10. The third-order valence-electron chi connectivity index (χ3n) is 2.55. The average Bonchev–Trinajstić information content (AvgIpc) is 2.92. The van der Waals surface area contributed by atoms with Crippen LogP contribution < -0.4 is 11.3 Å². The van der Waals surface area contributed by atoms with Crippen LogP contribution in [-0.2, 0) is 6.54 Å². The molecule has 0 radical (unpaired) electrons. The quantitative estimate of drug-likeness (QED) is 0.649. The number of thiophene rings is 1. The van der Waals surface area contributed by atoms with E-state index in [1.54, 1.807) is 17.5 Å². The van der Waals surface area contributed by atoms with Gasteiger partial charge in [-0.2, -0.15) is 5.10 Å². The molecule has 0 amide bonds. The van der Waals surface area contributed by atoms with Gasteiger partial charge in [-0.15, -0.1) is 11.3 Å². The van der Waals surface area contributed by atoms with Crippen LogP contribution >= 0.6 is 22.9 Å². The number of nitrogens with one attached hydrogen (secondary N) is 1. The van der Waals surface area contributed by atoms with E-state index in [0.29, 0.717) is 0 Å². The maximum Gasteiger partial charge on any atom is 0.0984 e. The van der Waals surface area contributed by atoms with Crippen LogP contribution in [0.1, 0.15) is 30.0 Å². The molecule has 1 atom stereocenters. The summed E-state index contributed by atoms with van der Waals surface area (Å²) >= 11 is 7.74. The van der Waals surface area contributed by atoms with Crippen LogP contribution in [0.4, 0.5) is 0 Å². The Morgan fingerprint density at radius 1 is 1.59 bits per heavy atom. The van der Waals surface area contributed by atoms with Crippen LogP contribution in [0, 0.1) is 0 Å². The highest BCUT2D eigenvalue weighted by Gasteiger charge is 2.20. The Hall–Kier alpha value is -0.880. The van der Waals surface area contributed by atoms with E-state index in [2.05, 4.69) is 17.4 Å². The molecule has 0 saturated carbocycles. The molecule has 17 heavy (non-hydrogen) atoms. The third kappa shape index (κ3) is 2.52. The Labute approximate surface area is 109 Å². The lowest BCUT2D eigenvalue weighted by atomic mass is 10.2. The summed E-state index contributed by atoms with van der Waals surface area (Å²) in [6.07, 6.45) is 2.82. The van der Waals surface area contributed by atoms with E-state index in [4.69, 9.17) is 17.4 Å². The van der Waals surface area contributed by atoms with Gasteiger partial charge in [0.1, 0.15) is 0 Å². The van der Waals surface area contributed by atoms with E-state index in [-0.39, 0.29) is 6.04 Å². The van der Waals surface area contributed by atoms with E-state index in [1.807, 2.05) is 22.2 Å². The van der Waals surface area contributed by atoms with Crippen LogP contribution in [-0.4, -0.2) is 9.78 Å². The molecule has 6 heteroatoms. The number of halogens is 1. The minimum absolute atomic E-state index is 0.100. The fourth-order valence-electron chi connectivity index (χ4n) is 1.79. The van der Waals surface area contributed by atoms with Gasteiger partial charge in [-0.3, -0.25) is 10.5 Å². The number of nitrogens with zero attached hydrogens (tertiary/aromatic N) is 2. The number of aryl methyl sites for hydroxylation is 1.